The van der Waals surface area contributed by atoms with Crippen molar-refractivity contribution in [2.24, 2.45) is 0 Å². The summed E-state index contributed by atoms with van der Waals surface area (Å²) in [4.78, 5) is 17.2. The lowest BCUT2D eigenvalue weighted by atomic mass is 10.1. The van der Waals surface area contributed by atoms with Crippen LogP contribution < -0.4 is 10.0 Å². The number of likely N-dealkylation sites (N-methyl/N-ethyl adjacent to an activating group) is 1. The summed E-state index contributed by atoms with van der Waals surface area (Å²) in [6.45, 7) is 9.21. The number of hydrogen-bond acceptors (Lipinski definition) is 5. The Bertz CT molecular complexity index is 925. The van der Waals surface area contributed by atoms with E-state index in [2.05, 4.69) is 38.9 Å². The maximum absolute atomic E-state index is 12.2. The van der Waals surface area contributed by atoms with Crippen molar-refractivity contribution < 1.29 is 13.2 Å². The van der Waals surface area contributed by atoms with Crippen LogP contribution in [0, 0.1) is 0 Å². The Kier molecular flexibility index (Phi) is 8.60. The maximum Gasteiger partial charge on any atom is 0.240 e. The Morgan fingerprint density at radius 1 is 0.903 bits per heavy atom. The van der Waals surface area contributed by atoms with Crippen LogP contribution in [-0.4, -0.2) is 63.4 Å². The summed E-state index contributed by atoms with van der Waals surface area (Å²) < 4.78 is 26.8. The van der Waals surface area contributed by atoms with E-state index in [9.17, 15) is 13.2 Å². The first-order valence-electron chi connectivity index (χ1n) is 10.8. The average molecular weight is 445 g/mol. The van der Waals surface area contributed by atoms with Crippen LogP contribution in [0.15, 0.2) is 59.5 Å². The van der Waals surface area contributed by atoms with E-state index >= 15 is 0 Å². The fourth-order valence-corrected chi connectivity index (χ4v) is 4.61. The van der Waals surface area contributed by atoms with E-state index < -0.39 is 10.0 Å². The van der Waals surface area contributed by atoms with Crippen molar-refractivity contribution in [2.75, 3.05) is 39.3 Å². The molecule has 2 aromatic rings. The summed E-state index contributed by atoms with van der Waals surface area (Å²) >= 11 is 0. The molecule has 1 amide bonds. The molecule has 1 aliphatic rings. The number of carbonyl (C=O) groups is 1. The molecule has 0 atom stereocenters. The van der Waals surface area contributed by atoms with Gasteiger partial charge in [0.25, 0.3) is 0 Å². The van der Waals surface area contributed by atoms with Gasteiger partial charge in [0.15, 0.2) is 0 Å². The standard InChI is InChI=1S/C23H32N4O3S/c1-2-26-14-16-27(17-15-26)19-21-10-8-20(9-11-21)18-24-23(28)12-13-25-31(29,30)22-6-4-3-5-7-22/h3-11,25H,2,12-19H2,1H3,(H,24,28). The van der Waals surface area contributed by atoms with Gasteiger partial charge in [-0.15, -0.1) is 0 Å². The largest absolute Gasteiger partial charge is 0.352 e. The van der Waals surface area contributed by atoms with E-state index in [1.807, 2.05) is 12.1 Å². The third kappa shape index (κ3) is 7.43. The molecule has 1 saturated heterocycles. The Labute approximate surface area is 185 Å². The van der Waals surface area contributed by atoms with Crippen molar-refractivity contribution in [3.63, 3.8) is 0 Å². The molecule has 0 saturated carbocycles. The topological polar surface area (TPSA) is 81.8 Å². The third-order valence-electron chi connectivity index (χ3n) is 5.53. The van der Waals surface area contributed by atoms with E-state index in [1.165, 1.54) is 17.7 Å². The number of amides is 1. The van der Waals surface area contributed by atoms with Crippen molar-refractivity contribution >= 4 is 15.9 Å². The van der Waals surface area contributed by atoms with Gasteiger partial charge in [-0.3, -0.25) is 9.69 Å². The second kappa shape index (κ2) is 11.4. The molecular weight excluding hydrogens is 412 g/mol. The molecule has 0 spiro atoms. The SMILES string of the molecule is CCN1CCN(Cc2ccc(CNC(=O)CCNS(=O)(=O)c3ccccc3)cc2)CC1. The van der Waals surface area contributed by atoms with Gasteiger partial charge in [-0.25, -0.2) is 13.1 Å². The quantitative estimate of drug-likeness (QED) is 0.584. The molecule has 3 rings (SSSR count). The highest BCUT2D eigenvalue weighted by Gasteiger charge is 2.15. The Balaban J connectivity index is 1.36. The molecule has 1 heterocycles. The van der Waals surface area contributed by atoms with E-state index in [0.29, 0.717) is 6.54 Å². The molecular formula is C23H32N4O3S. The Hall–Kier alpha value is -2.26. The fourth-order valence-electron chi connectivity index (χ4n) is 3.56. The molecule has 1 aliphatic heterocycles. The van der Waals surface area contributed by atoms with Crippen molar-refractivity contribution in [3.05, 3.63) is 65.7 Å². The van der Waals surface area contributed by atoms with Gasteiger partial charge >= 0.3 is 0 Å². The van der Waals surface area contributed by atoms with Crippen molar-refractivity contribution in [2.45, 2.75) is 31.3 Å². The Morgan fingerprint density at radius 3 is 2.16 bits per heavy atom. The molecule has 0 bridgehead atoms. The lowest BCUT2D eigenvalue weighted by Gasteiger charge is -2.34. The third-order valence-corrected chi connectivity index (χ3v) is 7.01. The molecule has 1 fully saturated rings. The summed E-state index contributed by atoms with van der Waals surface area (Å²) in [5.41, 5.74) is 2.30. The number of benzene rings is 2. The minimum absolute atomic E-state index is 0.0628. The van der Waals surface area contributed by atoms with Crippen LogP contribution in [0.4, 0.5) is 0 Å². The molecule has 2 N–H and O–H groups in total. The van der Waals surface area contributed by atoms with Gasteiger partial charge in [0, 0.05) is 52.2 Å². The van der Waals surface area contributed by atoms with Crippen LogP contribution in [0.5, 0.6) is 0 Å². The first kappa shape index (κ1) is 23.4. The van der Waals surface area contributed by atoms with Crippen LogP contribution in [0.1, 0.15) is 24.5 Å². The molecule has 8 heteroatoms. The molecule has 2 aromatic carbocycles. The number of nitrogens with one attached hydrogen (secondary N) is 2. The van der Waals surface area contributed by atoms with Crippen molar-refractivity contribution in [1.82, 2.24) is 19.8 Å². The summed E-state index contributed by atoms with van der Waals surface area (Å²) in [6, 6.07) is 16.4. The zero-order chi connectivity index (χ0) is 22.1. The molecule has 168 valence electrons. The average Bonchev–Trinajstić information content (AvgIpc) is 2.79. The van der Waals surface area contributed by atoms with Crippen molar-refractivity contribution in [3.8, 4) is 0 Å². The predicted molar refractivity (Wildman–Crippen MR) is 122 cm³/mol. The number of carbonyl (C=O) groups excluding carboxylic acids is 1. The van der Waals surface area contributed by atoms with Gasteiger partial charge in [-0.2, -0.15) is 0 Å². The summed E-state index contributed by atoms with van der Waals surface area (Å²) in [5.74, 6) is -0.186. The minimum atomic E-state index is -3.58. The summed E-state index contributed by atoms with van der Waals surface area (Å²) in [7, 11) is -3.58. The van der Waals surface area contributed by atoms with Gasteiger partial charge in [0.1, 0.15) is 0 Å². The van der Waals surface area contributed by atoms with E-state index in [1.54, 1.807) is 18.2 Å². The molecule has 7 nitrogen and oxygen atoms in total. The highest BCUT2D eigenvalue weighted by atomic mass is 32.2. The van der Waals surface area contributed by atoms with E-state index in [4.69, 9.17) is 0 Å². The zero-order valence-corrected chi connectivity index (χ0v) is 18.9. The zero-order valence-electron chi connectivity index (χ0n) is 18.1. The van der Waals surface area contributed by atoms with E-state index in [-0.39, 0.29) is 23.8 Å². The fraction of sp³-hybridized carbons (Fsp3) is 0.435. The molecule has 31 heavy (non-hydrogen) atoms. The highest BCUT2D eigenvalue weighted by Crippen LogP contribution is 2.10. The predicted octanol–water partition coefficient (Wildman–Crippen LogP) is 1.81. The number of rotatable bonds is 10. The molecule has 0 radical (unpaired) electrons. The maximum atomic E-state index is 12.2. The summed E-state index contributed by atoms with van der Waals surface area (Å²) in [5, 5.41) is 2.85. The van der Waals surface area contributed by atoms with E-state index in [0.717, 1.165) is 44.8 Å². The summed E-state index contributed by atoms with van der Waals surface area (Å²) in [6.07, 6.45) is 0.0912. The molecule has 0 aliphatic carbocycles. The monoisotopic (exact) mass is 444 g/mol. The second-order valence-electron chi connectivity index (χ2n) is 7.76. The van der Waals surface area contributed by atoms with Crippen LogP contribution in [-0.2, 0) is 27.9 Å². The minimum Gasteiger partial charge on any atom is -0.352 e. The Morgan fingerprint density at radius 2 is 1.52 bits per heavy atom. The van der Waals surface area contributed by atoms with Gasteiger partial charge in [0.05, 0.1) is 4.90 Å². The molecule has 0 aromatic heterocycles. The van der Waals surface area contributed by atoms with Crippen LogP contribution in [0.25, 0.3) is 0 Å². The lowest BCUT2D eigenvalue weighted by molar-refractivity contribution is -0.121. The van der Waals surface area contributed by atoms with Crippen LogP contribution in [0.2, 0.25) is 0 Å². The number of hydrogen-bond donors (Lipinski definition) is 2. The van der Waals surface area contributed by atoms with Crippen molar-refractivity contribution in [1.29, 1.82) is 0 Å². The number of piperazine rings is 1. The smallest absolute Gasteiger partial charge is 0.240 e. The second-order valence-corrected chi connectivity index (χ2v) is 9.53. The number of nitrogens with zero attached hydrogens (tertiary/aromatic N) is 2. The normalized spacial score (nSPS) is 15.6. The van der Waals surface area contributed by atoms with Crippen LogP contribution >= 0.6 is 0 Å². The number of sulfonamides is 1. The van der Waals surface area contributed by atoms with Gasteiger partial charge in [0.2, 0.25) is 15.9 Å². The van der Waals surface area contributed by atoms with Gasteiger partial charge in [-0.05, 0) is 29.8 Å². The highest BCUT2D eigenvalue weighted by molar-refractivity contribution is 7.89. The first-order chi connectivity index (χ1) is 15.0. The first-order valence-corrected chi connectivity index (χ1v) is 12.3. The van der Waals surface area contributed by atoms with Crippen LogP contribution in [0.3, 0.4) is 0 Å². The lowest BCUT2D eigenvalue weighted by Crippen LogP contribution is -2.45. The molecule has 0 unspecified atom stereocenters. The van der Waals surface area contributed by atoms with Gasteiger partial charge < -0.3 is 10.2 Å². The van der Waals surface area contributed by atoms with Gasteiger partial charge in [-0.1, -0.05) is 49.4 Å².